The molecule has 2 aromatic rings. The standard InChI is InChI=1S/C20H20N4O2/c21-14-15-7-9-22-18(12-15)16-4-1-5-17(13-16)20(26)23-8-3-11-24-10-2-6-19(24)25/h1,4-5,7,9,12-13H,2-3,6,8,10-11H2,(H,23,26). The Balaban J connectivity index is 1.58. The number of benzene rings is 1. The monoisotopic (exact) mass is 348 g/mol. The zero-order chi connectivity index (χ0) is 18.4. The molecule has 0 bridgehead atoms. The van der Waals surface area contributed by atoms with Crippen LogP contribution in [0, 0.1) is 11.3 Å². The molecule has 6 heteroatoms. The summed E-state index contributed by atoms with van der Waals surface area (Å²) in [5, 5.41) is 11.9. The molecule has 2 heterocycles. The maximum Gasteiger partial charge on any atom is 0.251 e. The Morgan fingerprint density at radius 2 is 2.19 bits per heavy atom. The van der Waals surface area contributed by atoms with E-state index in [-0.39, 0.29) is 11.8 Å². The van der Waals surface area contributed by atoms with Crippen LogP contribution in [0.2, 0.25) is 0 Å². The van der Waals surface area contributed by atoms with E-state index in [2.05, 4.69) is 16.4 Å². The Bertz CT molecular complexity index is 857. The normalized spacial score (nSPS) is 13.5. The van der Waals surface area contributed by atoms with Gasteiger partial charge in [0.15, 0.2) is 0 Å². The van der Waals surface area contributed by atoms with Crippen molar-refractivity contribution in [3.8, 4) is 17.3 Å². The highest BCUT2D eigenvalue weighted by molar-refractivity contribution is 5.95. The van der Waals surface area contributed by atoms with E-state index in [1.807, 2.05) is 11.0 Å². The minimum Gasteiger partial charge on any atom is -0.352 e. The van der Waals surface area contributed by atoms with Crippen molar-refractivity contribution < 1.29 is 9.59 Å². The van der Waals surface area contributed by atoms with Crippen molar-refractivity contribution in [3.63, 3.8) is 0 Å². The molecular weight excluding hydrogens is 328 g/mol. The topological polar surface area (TPSA) is 86.1 Å². The van der Waals surface area contributed by atoms with E-state index in [1.165, 1.54) is 0 Å². The molecule has 6 nitrogen and oxygen atoms in total. The molecule has 0 unspecified atom stereocenters. The average molecular weight is 348 g/mol. The third-order valence-corrected chi connectivity index (χ3v) is 4.37. The van der Waals surface area contributed by atoms with Gasteiger partial charge in [0, 0.05) is 43.4 Å². The number of pyridine rings is 1. The Kier molecular flexibility index (Phi) is 5.59. The van der Waals surface area contributed by atoms with Gasteiger partial charge in [-0.3, -0.25) is 14.6 Å². The molecule has 26 heavy (non-hydrogen) atoms. The molecule has 0 atom stereocenters. The van der Waals surface area contributed by atoms with Gasteiger partial charge in [0.1, 0.15) is 0 Å². The van der Waals surface area contributed by atoms with Crippen molar-refractivity contribution in [1.82, 2.24) is 15.2 Å². The largest absolute Gasteiger partial charge is 0.352 e. The fraction of sp³-hybridized carbons (Fsp3) is 0.300. The minimum atomic E-state index is -0.156. The number of nitriles is 1. The first-order valence-electron chi connectivity index (χ1n) is 8.70. The molecule has 1 saturated heterocycles. The van der Waals surface area contributed by atoms with Crippen molar-refractivity contribution in [2.45, 2.75) is 19.3 Å². The lowest BCUT2D eigenvalue weighted by atomic mass is 10.1. The van der Waals surface area contributed by atoms with Crippen molar-refractivity contribution in [2.75, 3.05) is 19.6 Å². The molecule has 132 valence electrons. The van der Waals surface area contributed by atoms with Crippen LogP contribution >= 0.6 is 0 Å². The number of hydrogen-bond acceptors (Lipinski definition) is 4. The van der Waals surface area contributed by atoms with Crippen LogP contribution < -0.4 is 5.32 Å². The van der Waals surface area contributed by atoms with Crippen molar-refractivity contribution in [1.29, 1.82) is 5.26 Å². The summed E-state index contributed by atoms with van der Waals surface area (Å²) in [6.07, 6.45) is 3.89. The van der Waals surface area contributed by atoms with Gasteiger partial charge in [0.25, 0.3) is 5.91 Å². The van der Waals surface area contributed by atoms with Crippen molar-refractivity contribution in [2.24, 2.45) is 0 Å². The van der Waals surface area contributed by atoms with Gasteiger partial charge in [-0.05, 0) is 37.1 Å². The summed E-state index contributed by atoms with van der Waals surface area (Å²) in [5.74, 6) is 0.0483. The zero-order valence-corrected chi connectivity index (χ0v) is 14.4. The van der Waals surface area contributed by atoms with Gasteiger partial charge in [-0.25, -0.2) is 0 Å². The summed E-state index contributed by atoms with van der Waals surface area (Å²) in [6, 6.07) is 12.6. The fourth-order valence-corrected chi connectivity index (χ4v) is 2.99. The van der Waals surface area contributed by atoms with Gasteiger partial charge in [-0.2, -0.15) is 5.26 Å². The van der Waals surface area contributed by atoms with Crippen LogP contribution in [0.4, 0.5) is 0 Å². The smallest absolute Gasteiger partial charge is 0.251 e. The first kappa shape index (κ1) is 17.6. The zero-order valence-electron chi connectivity index (χ0n) is 14.4. The second-order valence-electron chi connectivity index (χ2n) is 6.22. The highest BCUT2D eigenvalue weighted by Gasteiger charge is 2.19. The Morgan fingerprint density at radius 1 is 1.31 bits per heavy atom. The van der Waals surface area contributed by atoms with Gasteiger partial charge in [-0.1, -0.05) is 12.1 Å². The average Bonchev–Trinajstić information content (AvgIpc) is 3.10. The number of aromatic nitrogens is 1. The molecule has 1 aliphatic heterocycles. The molecule has 0 spiro atoms. The summed E-state index contributed by atoms with van der Waals surface area (Å²) in [4.78, 5) is 30.0. The Morgan fingerprint density at radius 3 is 2.96 bits per heavy atom. The second kappa shape index (κ2) is 8.26. The minimum absolute atomic E-state index is 0.156. The molecule has 1 aromatic heterocycles. The van der Waals surface area contributed by atoms with Crippen LogP contribution in [0.1, 0.15) is 35.2 Å². The Labute approximate surface area is 152 Å². The molecule has 1 aliphatic rings. The molecule has 1 fully saturated rings. The lowest BCUT2D eigenvalue weighted by Gasteiger charge is -2.15. The summed E-state index contributed by atoms with van der Waals surface area (Å²) >= 11 is 0. The number of rotatable bonds is 6. The van der Waals surface area contributed by atoms with Crippen molar-refractivity contribution >= 4 is 11.8 Å². The van der Waals surface area contributed by atoms with E-state index in [1.54, 1.807) is 36.5 Å². The van der Waals surface area contributed by atoms with Crippen LogP contribution in [0.25, 0.3) is 11.3 Å². The number of carbonyl (C=O) groups excluding carboxylic acids is 2. The van der Waals surface area contributed by atoms with Crippen LogP contribution in [0.3, 0.4) is 0 Å². The maximum absolute atomic E-state index is 12.3. The summed E-state index contributed by atoms with van der Waals surface area (Å²) in [7, 11) is 0. The molecule has 1 N–H and O–H groups in total. The van der Waals surface area contributed by atoms with Gasteiger partial charge < -0.3 is 10.2 Å². The number of likely N-dealkylation sites (tertiary alicyclic amines) is 1. The summed E-state index contributed by atoms with van der Waals surface area (Å²) in [6.45, 7) is 2.03. The highest BCUT2D eigenvalue weighted by atomic mass is 16.2. The van der Waals surface area contributed by atoms with Crippen LogP contribution in [0.15, 0.2) is 42.6 Å². The first-order valence-corrected chi connectivity index (χ1v) is 8.70. The SMILES string of the molecule is N#Cc1ccnc(-c2cccc(C(=O)NCCCN3CCCC3=O)c2)c1. The predicted molar refractivity (Wildman–Crippen MR) is 97.2 cm³/mol. The molecular formula is C20H20N4O2. The van der Waals surface area contributed by atoms with Crippen LogP contribution in [-0.2, 0) is 4.79 Å². The fourth-order valence-electron chi connectivity index (χ4n) is 2.99. The van der Waals surface area contributed by atoms with E-state index in [0.29, 0.717) is 36.3 Å². The number of carbonyl (C=O) groups is 2. The lowest BCUT2D eigenvalue weighted by Crippen LogP contribution is -2.30. The van der Waals surface area contributed by atoms with E-state index >= 15 is 0 Å². The third-order valence-electron chi connectivity index (χ3n) is 4.37. The molecule has 0 radical (unpaired) electrons. The van der Waals surface area contributed by atoms with Gasteiger partial charge >= 0.3 is 0 Å². The first-order chi connectivity index (χ1) is 12.7. The molecule has 0 aliphatic carbocycles. The van der Waals surface area contributed by atoms with Gasteiger partial charge in [-0.15, -0.1) is 0 Å². The lowest BCUT2D eigenvalue weighted by molar-refractivity contribution is -0.127. The number of nitrogens with one attached hydrogen (secondary N) is 1. The molecule has 1 aromatic carbocycles. The second-order valence-corrected chi connectivity index (χ2v) is 6.22. The maximum atomic E-state index is 12.3. The quantitative estimate of drug-likeness (QED) is 0.812. The van der Waals surface area contributed by atoms with Gasteiger partial charge in [0.2, 0.25) is 5.91 Å². The molecule has 3 rings (SSSR count). The van der Waals surface area contributed by atoms with E-state index in [9.17, 15) is 9.59 Å². The number of hydrogen-bond donors (Lipinski definition) is 1. The van der Waals surface area contributed by atoms with Crippen molar-refractivity contribution in [3.05, 3.63) is 53.7 Å². The number of amides is 2. The van der Waals surface area contributed by atoms with E-state index in [4.69, 9.17) is 5.26 Å². The van der Waals surface area contributed by atoms with E-state index < -0.39 is 0 Å². The Hall–Kier alpha value is -3.20. The van der Waals surface area contributed by atoms with Crippen LogP contribution in [0.5, 0.6) is 0 Å². The highest BCUT2D eigenvalue weighted by Crippen LogP contribution is 2.19. The summed E-state index contributed by atoms with van der Waals surface area (Å²) in [5.41, 5.74) is 2.52. The third kappa shape index (κ3) is 4.25. The van der Waals surface area contributed by atoms with Crippen LogP contribution in [-0.4, -0.2) is 41.3 Å². The van der Waals surface area contributed by atoms with E-state index in [0.717, 1.165) is 24.9 Å². The summed E-state index contributed by atoms with van der Waals surface area (Å²) < 4.78 is 0. The molecule has 0 saturated carbocycles. The van der Waals surface area contributed by atoms with Gasteiger partial charge in [0.05, 0.1) is 17.3 Å². The number of nitrogens with zero attached hydrogens (tertiary/aromatic N) is 3. The predicted octanol–water partition coefficient (Wildman–Crippen LogP) is 2.36. The molecule has 2 amide bonds.